The third-order valence-electron chi connectivity index (χ3n) is 1.26. The average molecular weight is 187 g/mol. The van der Waals surface area contributed by atoms with E-state index in [1.54, 1.807) is 0 Å². The van der Waals surface area contributed by atoms with Crippen LogP contribution >= 0.6 is 11.3 Å². The number of carbonyl (C=O) groups excluding carboxylic acids is 1. The molecule has 66 valence electrons. The van der Waals surface area contributed by atoms with E-state index in [4.69, 9.17) is 5.73 Å². The smallest absolute Gasteiger partial charge is 0.334 e. The van der Waals surface area contributed by atoms with Crippen molar-refractivity contribution >= 4 is 22.4 Å². The number of aromatic nitrogens is 2. The number of nitrogens with zero attached hydrogens (tertiary/aromatic N) is 2. The van der Waals surface area contributed by atoms with Crippen LogP contribution in [0.5, 0.6) is 0 Å². The summed E-state index contributed by atoms with van der Waals surface area (Å²) in [7, 11) is 0. The number of nitrogens with two attached hydrogens (primary N) is 1. The van der Waals surface area contributed by atoms with Crippen molar-refractivity contribution in [2.75, 3.05) is 5.73 Å². The van der Waals surface area contributed by atoms with Crippen LogP contribution in [0.3, 0.4) is 0 Å². The van der Waals surface area contributed by atoms with Crippen molar-refractivity contribution in [3.05, 3.63) is 9.67 Å². The summed E-state index contributed by atoms with van der Waals surface area (Å²) in [5.74, 6) is -0.296. The van der Waals surface area contributed by atoms with Crippen molar-refractivity contribution in [1.29, 1.82) is 0 Å². The van der Waals surface area contributed by atoms with Crippen LogP contribution in [0.15, 0.2) is 4.79 Å². The zero-order valence-corrected chi connectivity index (χ0v) is 7.43. The molecule has 6 heteroatoms. The predicted octanol–water partition coefficient (Wildman–Crippen LogP) is 0.327. The van der Waals surface area contributed by atoms with E-state index in [1.807, 2.05) is 6.92 Å². The van der Waals surface area contributed by atoms with Gasteiger partial charge in [-0.3, -0.25) is 9.59 Å². The molecule has 0 fully saturated rings. The third-order valence-corrected chi connectivity index (χ3v) is 1.90. The fraction of sp³-hybridized carbons (Fsp3) is 0.500. The van der Waals surface area contributed by atoms with Crippen LogP contribution in [0.1, 0.15) is 24.6 Å². The Labute approximate surface area is 72.8 Å². The molecule has 1 rings (SSSR count). The van der Waals surface area contributed by atoms with Crippen LogP contribution in [0.25, 0.3) is 0 Å². The first-order chi connectivity index (χ1) is 5.65. The average Bonchev–Trinajstić information content (AvgIpc) is 2.30. The van der Waals surface area contributed by atoms with Gasteiger partial charge in [-0.05, 0) is 17.8 Å². The summed E-state index contributed by atoms with van der Waals surface area (Å²) in [6, 6.07) is 0. The number of nitrogen functional groups attached to an aromatic ring is 1. The molecule has 1 aromatic heterocycles. The lowest BCUT2D eigenvalue weighted by Crippen LogP contribution is -2.22. The number of anilines is 1. The zero-order valence-electron chi connectivity index (χ0n) is 6.61. The second-order valence-corrected chi connectivity index (χ2v) is 3.23. The maximum Gasteiger partial charge on any atom is 0.334 e. The molecule has 0 bridgehead atoms. The number of hydrogen-bond donors (Lipinski definition) is 1. The Morgan fingerprint density at radius 2 is 2.42 bits per heavy atom. The van der Waals surface area contributed by atoms with Gasteiger partial charge in [0.1, 0.15) is 0 Å². The lowest BCUT2D eigenvalue weighted by molar-refractivity contribution is 0.0883. The second kappa shape index (κ2) is 3.48. The van der Waals surface area contributed by atoms with Crippen molar-refractivity contribution < 1.29 is 4.79 Å². The highest BCUT2D eigenvalue weighted by molar-refractivity contribution is 7.12. The van der Waals surface area contributed by atoms with Crippen molar-refractivity contribution in [2.45, 2.75) is 19.8 Å². The van der Waals surface area contributed by atoms with Crippen LogP contribution in [-0.2, 0) is 0 Å². The summed E-state index contributed by atoms with van der Waals surface area (Å²) in [5, 5.41) is 3.71. The number of hydrogen-bond acceptors (Lipinski definition) is 5. The highest BCUT2D eigenvalue weighted by atomic mass is 32.1. The van der Waals surface area contributed by atoms with Crippen LogP contribution < -0.4 is 10.6 Å². The fourth-order valence-electron chi connectivity index (χ4n) is 0.770. The summed E-state index contributed by atoms with van der Waals surface area (Å²) >= 11 is 0.777. The molecule has 0 spiro atoms. The quantitative estimate of drug-likeness (QED) is 0.723. The van der Waals surface area contributed by atoms with Crippen molar-refractivity contribution in [3.8, 4) is 0 Å². The van der Waals surface area contributed by atoms with Gasteiger partial charge in [0.2, 0.25) is 5.13 Å². The maximum absolute atomic E-state index is 11.1. The van der Waals surface area contributed by atoms with E-state index in [2.05, 4.69) is 5.10 Å². The minimum atomic E-state index is -0.411. The van der Waals surface area contributed by atoms with Gasteiger partial charge in [-0.1, -0.05) is 6.92 Å². The minimum absolute atomic E-state index is 0.129. The predicted molar refractivity (Wildman–Crippen MR) is 46.3 cm³/mol. The lowest BCUT2D eigenvalue weighted by atomic mass is 10.3. The van der Waals surface area contributed by atoms with Gasteiger partial charge in [0, 0.05) is 6.42 Å². The Morgan fingerprint density at radius 3 is 2.83 bits per heavy atom. The molecule has 1 aromatic rings. The molecule has 0 radical (unpaired) electrons. The first-order valence-corrected chi connectivity index (χ1v) is 4.35. The fourth-order valence-corrected chi connectivity index (χ4v) is 1.30. The van der Waals surface area contributed by atoms with E-state index in [-0.39, 0.29) is 11.0 Å². The van der Waals surface area contributed by atoms with Gasteiger partial charge in [-0.2, -0.15) is 4.68 Å². The van der Waals surface area contributed by atoms with E-state index in [9.17, 15) is 9.59 Å². The normalized spacial score (nSPS) is 10.1. The molecule has 1 heterocycles. The standard InChI is InChI=1S/C6H9N3O2S/c1-2-3-4(10)9-6(11)12-5(7)8-9/h2-3H2,1H3,(H2,7,8). The van der Waals surface area contributed by atoms with Gasteiger partial charge in [0.15, 0.2) is 0 Å². The Hall–Kier alpha value is -1.17. The maximum atomic E-state index is 11.1. The Morgan fingerprint density at radius 1 is 1.75 bits per heavy atom. The molecule has 0 saturated heterocycles. The van der Waals surface area contributed by atoms with E-state index in [1.165, 1.54) is 0 Å². The molecule has 0 aliphatic carbocycles. The summed E-state index contributed by atoms with van der Waals surface area (Å²) in [5.41, 5.74) is 5.25. The zero-order chi connectivity index (χ0) is 9.14. The van der Waals surface area contributed by atoms with Crippen LogP contribution in [-0.4, -0.2) is 15.7 Å². The van der Waals surface area contributed by atoms with E-state index in [0.29, 0.717) is 12.8 Å². The van der Waals surface area contributed by atoms with Gasteiger partial charge >= 0.3 is 4.87 Å². The Balaban J connectivity index is 2.95. The molecule has 0 unspecified atom stereocenters. The van der Waals surface area contributed by atoms with Crippen molar-refractivity contribution in [1.82, 2.24) is 9.78 Å². The second-order valence-electron chi connectivity index (χ2n) is 2.26. The molecule has 0 aliphatic heterocycles. The number of carbonyl (C=O) groups is 1. The first kappa shape index (κ1) is 8.92. The SMILES string of the molecule is CCCC(=O)n1nc(N)sc1=O. The summed E-state index contributed by atoms with van der Waals surface area (Å²) < 4.78 is 0.823. The van der Waals surface area contributed by atoms with Gasteiger partial charge in [0.05, 0.1) is 0 Å². The molecular formula is C6H9N3O2S. The van der Waals surface area contributed by atoms with E-state index in [0.717, 1.165) is 16.0 Å². The Bertz CT molecular complexity index is 341. The molecule has 0 aromatic carbocycles. The van der Waals surface area contributed by atoms with Crippen molar-refractivity contribution in [2.24, 2.45) is 0 Å². The molecular weight excluding hydrogens is 178 g/mol. The van der Waals surface area contributed by atoms with Gasteiger partial charge < -0.3 is 5.73 Å². The monoisotopic (exact) mass is 187 g/mol. The first-order valence-electron chi connectivity index (χ1n) is 3.54. The molecule has 0 atom stereocenters. The van der Waals surface area contributed by atoms with Crippen molar-refractivity contribution in [3.63, 3.8) is 0 Å². The van der Waals surface area contributed by atoms with Gasteiger partial charge in [-0.25, -0.2) is 0 Å². The summed E-state index contributed by atoms with van der Waals surface area (Å²) in [6.45, 7) is 1.86. The van der Waals surface area contributed by atoms with Gasteiger partial charge in [0.25, 0.3) is 5.91 Å². The summed E-state index contributed by atoms with van der Waals surface area (Å²) in [4.78, 5) is 21.7. The van der Waals surface area contributed by atoms with Crippen LogP contribution in [0.4, 0.5) is 5.13 Å². The third kappa shape index (κ3) is 1.70. The highest BCUT2D eigenvalue weighted by Gasteiger charge is 2.09. The molecule has 0 amide bonds. The molecule has 12 heavy (non-hydrogen) atoms. The Kier molecular flexibility index (Phi) is 2.59. The summed E-state index contributed by atoms with van der Waals surface area (Å²) in [6.07, 6.45) is 1.02. The molecule has 0 saturated carbocycles. The minimum Gasteiger partial charge on any atom is -0.374 e. The lowest BCUT2D eigenvalue weighted by Gasteiger charge is -1.93. The number of rotatable bonds is 2. The molecule has 2 N–H and O–H groups in total. The van der Waals surface area contributed by atoms with Crippen LogP contribution in [0.2, 0.25) is 0 Å². The molecule has 0 aliphatic rings. The largest absolute Gasteiger partial charge is 0.374 e. The molecule has 5 nitrogen and oxygen atoms in total. The van der Waals surface area contributed by atoms with E-state index < -0.39 is 4.87 Å². The van der Waals surface area contributed by atoms with Crippen LogP contribution in [0, 0.1) is 0 Å². The highest BCUT2D eigenvalue weighted by Crippen LogP contribution is 2.00. The van der Waals surface area contributed by atoms with E-state index >= 15 is 0 Å². The van der Waals surface area contributed by atoms with Gasteiger partial charge in [-0.15, -0.1) is 5.10 Å². The topological polar surface area (TPSA) is 78.0 Å².